The van der Waals surface area contributed by atoms with E-state index in [0.29, 0.717) is 22.1 Å². The number of sulfonamides is 1. The van der Waals surface area contributed by atoms with Crippen molar-refractivity contribution in [2.75, 3.05) is 0 Å². The molecule has 3 aromatic rings. The van der Waals surface area contributed by atoms with Crippen LogP contribution in [0.25, 0.3) is 0 Å². The van der Waals surface area contributed by atoms with E-state index in [1.165, 1.54) is 24.3 Å². The van der Waals surface area contributed by atoms with Crippen molar-refractivity contribution in [3.63, 3.8) is 0 Å². The molecule has 0 radical (unpaired) electrons. The van der Waals surface area contributed by atoms with Crippen molar-refractivity contribution in [3.8, 4) is 17.6 Å². The Hall–Kier alpha value is -2.56. The predicted molar refractivity (Wildman–Crippen MR) is 108 cm³/mol. The van der Waals surface area contributed by atoms with Gasteiger partial charge in [0.25, 0.3) is 0 Å². The van der Waals surface area contributed by atoms with Gasteiger partial charge in [0.2, 0.25) is 10.0 Å². The molecule has 5 nitrogen and oxygen atoms in total. The SMILES string of the molecule is N#Cc1c(Cl)cccc1Oc1ccc(S(=O)(=O)NCc2ccccc2Cl)cc1. The van der Waals surface area contributed by atoms with Crippen LogP contribution in [0.5, 0.6) is 11.5 Å². The molecule has 0 heterocycles. The fraction of sp³-hybridized carbons (Fsp3) is 0.0500. The zero-order valence-electron chi connectivity index (χ0n) is 14.4. The van der Waals surface area contributed by atoms with Gasteiger partial charge in [-0.25, -0.2) is 13.1 Å². The number of nitrogens with zero attached hydrogens (tertiary/aromatic N) is 1. The molecule has 0 aliphatic carbocycles. The Labute approximate surface area is 173 Å². The van der Waals surface area contributed by atoms with Crippen molar-refractivity contribution in [3.05, 3.63) is 87.9 Å². The van der Waals surface area contributed by atoms with Gasteiger partial charge in [-0.05, 0) is 48.0 Å². The summed E-state index contributed by atoms with van der Waals surface area (Å²) in [7, 11) is -3.72. The zero-order valence-corrected chi connectivity index (χ0v) is 16.7. The first-order chi connectivity index (χ1) is 13.4. The predicted octanol–water partition coefficient (Wildman–Crippen LogP) is 5.14. The minimum atomic E-state index is -3.72. The normalized spacial score (nSPS) is 11.0. The molecule has 0 saturated carbocycles. The van der Waals surface area contributed by atoms with Gasteiger partial charge in [0.1, 0.15) is 23.1 Å². The Bertz CT molecular complexity index is 1140. The molecule has 142 valence electrons. The highest BCUT2D eigenvalue weighted by molar-refractivity contribution is 7.89. The van der Waals surface area contributed by atoms with Crippen LogP contribution in [0.4, 0.5) is 0 Å². The molecular formula is C20H14Cl2N2O3S. The number of benzene rings is 3. The highest BCUT2D eigenvalue weighted by Gasteiger charge is 2.15. The summed E-state index contributed by atoms with van der Waals surface area (Å²) in [6.07, 6.45) is 0. The topological polar surface area (TPSA) is 79.2 Å². The van der Waals surface area contributed by atoms with Gasteiger partial charge in [-0.15, -0.1) is 0 Å². The van der Waals surface area contributed by atoms with Crippen LogP contribution in [-0.2, 0) is 16.6 Å². The molecule has 28 heavy (non-hydrogen) atoms. The average Bonchev–Trinajstić information content (AvgIpc) is 2.68. The minimum absolute atomic E-state index is 0.0777. The first kappa shape index (κ1) is 20.2. The molecule has 0 aliphatic heterocycles. The van der Waals surface area contributed by atoms with Gasteiger partial charge < -0.3 is 4.74 Å². The molecule has 0 unspecified atom stereocenters. The molecule has 0 bridgehead atoms. The zero-order chi connectivity index (χ0) is 20.1. The summed E-state index contributed by atoms with van der Waals surface area (Å²) in [5.41, 5.74) is 0.889. The Morgan fingerprint density at radius 1 is 0.929 bits per heavy atom. The lowest BCUT2D eigenvalue weighted by molar-refractivity contribution is 0.480. The molecular weight excluding hydrogens is 419 g/mol. The van der Waals surface area contributed by atoms with Gasteiger partial charge >= 0.3 is 0 Å². The largest absolute Gasteiger partial charge is 0.456 e. The van der Waals surface area contributed by atoms with Crippen molar-refractivity contribution < 1.29 is 13.2 Å². The fourth-order valence-corrected chi connectivity index (χ4v) is 3.83. The second kappa shape index (κ2) is 8.63. The third-order valence-electron chi connectivity index (χ3n) is 3.86. The summed E-state index contributed by atoms with van der Waals surface area (Å²) < 4.78 is 33.1. The molecule has 8 heteroatoms. The van der Waals surface area contributed by atoms with Gasteiger partial charge in [-0.1, -0.05) is 47.5 Å². The van der Waals surface area contributed by atoms with E-state index >= 15 is 0 Å². The first-order valence-corrected chi connectivity index (χ1v) is 10.3. The number of hydrogen-bond donors (Lipinski definition) is 1. The lowest BCUT2D eigenvalue weighted by Crippen LogP contribution is -2.23. The van der Waals surface area contributed by atoms with Crippen LogP contribution in [0.2, 0.25) is 10.0 Å². The molecule has 0 atom stereocenters. The Balaban J connectivity index is 1.74. The quantitative estimate of drug-likeness (QED) is 0.584. The lowest BCUT2D eigenvalue weighted by Gasteiger charge is -2.10. The van der Waals surface area contributed by atoms with E-state index in [4.69, 9.17) is 27.9 Å². The first-order valence-electron chi connectivity index (χ1n) is 8.10. The average molecular weight is 433 g/mol. The maximum absolute atomic E-state index is 12.5. The van der Waals surface area contributed by atoms with Gasteiger partial charge in [0.05, 0.1) is 9.92 Å². The van der Waals surface area contributed by atoms with Crippen molar-refractivity contribution in [1.29, 1.82) is 5.26 Å². The van der Waals surface area contributed by atoms with Gasteiger partial charge in [-0.2, -0.15) is 5.26 Å². The monoisotopic (exact) mass is 432 g/mol. The third-order valence-corrected chi connectivity index (χ3v) is 5.96. The Morgan fingerprint density at radius 2 is 1.61 bits per heavy atom. The molecule has 0 aliphatic rings. The van der Waals surface area contributed by atoms with Crippen LogP contribution in [0.3, 0.4) is 0 Å². The molecule has 0 fully saturated rings. The summed E-state index contributed by atoms with van der Waals surface area (Å²) in [6.45, 7) is 0.0777. The van der Waals surface area contributed by atoms with Crippen LogP contribution in [0, 0.1) is 11.3 Å². The van der Waals surface area contributed by atoms with Crippen molar-refractivity contribution in [1.82, 2.24) is 4.72 Å². The standard InChI is InChI=1S/C20H14Cl2N2O3S/c21-18-5-2-1-4-14(18)13-24-28(25,26)16-10-8-15(9-11-16)27-20-7-3-6-19(22)17(20)12-23/h1-11,24H,13H2. The third kappa shape index (κ3) is 4.64. The fourth-order valence-electron chi connectivity index (χ4n) is 2.41. The van der Waals surface area contributed by atoms with Crippen LogP contribution in [0.15, 0.2) is 71.6 Å². The molecule has 0 saturated heterocycles. The van der Waals surface area contributed by atoms with E-state index in [0.717, 1.165) is 0 Å². The van der Waals surface area contributed by atoms with Crippen molar-refractivity contribution >= 4 is 33.2 Å². The molecule has 1 N–H and O–H groups in total. The minimum Gasteiger partial charge on any atom is -0.456 e. The summed E-state index contributed by atoms with van der Waals surface area (Å²) in [5, 5.41) is 9.96. The molecule has 0 aromatic heterocycles. The van der Waals surface area contributed by atoms with E-state index in [1.54, 1.807) is 42.5 Å². The lowest BCUT2D eigenvalue weighted by atomic mass is 10.2. The van der Waals surface area contributed by atoms with E-state index in [1.807, 2.05) is 6.07 Å². The Kier molecular flexibility index (Phi) is 6.22. The second-order valence-corrected chi connectivity index (χ2v) is 8.30. The van der Waals surface area contributed by atoms with Crippen molar-refractivity contribution in [2.24, 2.45) is 0 Å². The van der Waals surface area contributed by atoms with E-state index in [9.17, 15) is 13.7 Å². The summed E-state index contributed by atoms with van der Waals surface area (Å²) in [5.74, 6) is 0.672. The summed E-state index contributed by atoms with van der Waals surface area (Å²) >= 11 is 12.0. The number of rotatable bonds is 6. The van der Waals surface area contributed by atoms with Gasteiger partial charge in [0.15, 0.2) is 0 Å². The molecule has 0 spiro atoms. The molecule has 0 amide bonds. The van der Waals surface area contributed by atoms with E-state index in [-0.39, 0.29) is 22.0 Å². The maximum Gasteiger partial charge on any atom is 0.240 e. The van der Waals surface area contributed by atoms with E-state index < -0.39 is 10.0 Å². The molecule has 3 rings (SSSR count). The highest BCUT2D eigenvalue weighted by Crippen LogP contribution is 2.30. The molecule has 3 aromatic carbocycles. The number of halogens is 2. The summed E-state index contributed by atoms with van der Waals surface area (Å²) in [4.78, 5) is 0.0819. The van der Waals surface area contributed by atoms with Gasteiger partial charge in [-0.3, -0.25) is 0 Å². The van der Waals surface area contributed by atoms with Crippen LogP contribution in [0.1, 0.15) is 11.1 Å². The smallest absolute Gasteiger partial charge is 0.240 e. The number of nitriles is 1. The Morgan fingerprint density at radius 3 is 2.29 bits per heavy atom. The van der Waals surface area contributed by atoms with Crippen LogP contribution < -0.4 is 9.46 Å². The number of ether oxygens (including phenoxy) is 1. The van der Waals surface area contributed by atoms with Crippen molar-refractivity contribution in [2.45, 2.75) is 11.4 Å². The van der Waals surface area contributed by atoms with Crippen LogP contribution in [-0.4, -0.2) is 8.42 Å². The van der Waals surface area contributed by atoms with Crippen LogP contribution >= 0.6 is 23.2 Å². The van der Waals surface area contributed by atoms with Gasteiger partial charge in [0, 0.05) is 11.6 Å². The second-order valence-electron chi connectivity index (χ2n) is 5.71. The van der Waals surface area contributed by atoms with E-state index in [2.05, 4.69) is 4.72 Å². The highest BCUT2D eigenvalue weighted by atomic mass is 35.5. The summed E-state index contributed by atoms with van der Waals surface area (Å²) in [6, 6.07) is 19.7. The maximum atomic E-state index is 12.5. The number of hydrogen-bond acceptors (Lipinski definition) is 4. The number of nitrogens with one attached hydrogen (secondary N) is 1.